The summed E-state index contributed by atoms with van der Waals surface area (Å²) in [5.41, 5.74) is 2.23. The first kappa shape index (κ1) is 32.2. The van der Waals surface area contributed by atoms with Crippen molar-refractivity contribution in [1.29, 1.82) is 0 Å². The van der Waals surface area contributed by atoms with Crippen molar-refractivity contribution in [2.24, 2.45) is 10.2 Å². The van der Waals surface area contributed by atoms with Crippen LogP contribution in [0.4, 0.5) is 32.3 Å². The zero-order chi connectivity index (χ0) is 33.6. The van der Waals surface area contributed by atoms with E-state index >= 15 is 0 Å². The average molecular weight is 683 g/mol. The summed E-state index contributed by atoms with van der Waals surface area (Å²) in [5.74, 6) is 0.455. The molecule has 4 aromatic rings. The summed E-state index contributed by atoms with van der Waals surface area (Å²) in [5, 5.41) is 36.1. The molecule has 2 saturated heterocycles. The van der Waals surface area contributed by atoms with Crippen LogP contribution in [-0.2, 0) is 13.1 Å². The van der Waals surface area contributed by atoms with Gasteiger partial charge in [-0.15, -0.1) is 10.2 Å². The number of benzene rings is 4. The number of thioether (sulfide) groups is 2. The first-order chi connectivity index (χ1) is 23.2. The average Bonchev–Trinajstić information content (AvgIpc) is 3.53. The quantitative estimate of drug-likeness (QED) is 0.122. The van der Waals surface area contributed by atoms with Crippen molar-refractivity contribution in [3.63, 3.8) is 0 Å². The lowest BCUT2D eigenvalue weighted by molar-refractivity contribution is -0.385. The molecule has 2 aliphatic heterocycles. The molecule has 2 N–H and O–H groups in total. The van der Waals surface area contributed by atoms with Crippen molar-refractivity contribution < 1.29 is 19.4 Å². The maximum atomic E-state index is 13.4. The number of nitro groups is 2. The van der Waals surface area contributed by atoms with Crippen molar-refractivity contribution in [3.8, 4) is 0 Å². The van der Waals surface area contributed by atoms with Crippen LogP contribution in [0.15, 0.2) is 119 Å². The van der Waals surface area contributed by atoms with Gasteiger partial charge in [0, 0.05) is 35.6 Å². The number of hydrogen-bond donors (Lipinski definition) is 2. The van der Waals surface area contributed by atoms with Gasteiger partial charge in [0.2, 0.25) is 0 Å². The third-order valence-electron chi connectivity index (χ3n) is 7.23. The van der Waals surface area contributed by atoms with Crippen molar-refractivity contribution in [2.75, 3.05) is 10.6 Å². The largest absolute Gasteiger partial charge is 0.366 e. The molecule has 2 atom stereocenters. The van der Waals surface area contributed by atoms with Crippen LogP contribution in [0, 0.1) is 20.2 Å². The predicted molar refractivity (Wildman–Crippen MR) is 186 cm³/mol. The number of amides is 2. The highest BCUT2D eigenvalue weighted by molar-refractivity contribution is 8.15. The Kier molecular flexibility index (Phi) is 9.63. The lowest BCUT2D eigenvalue weighted by atomic mass is 10.2. The zero-order valence-corrected chi connectivity index (χ0v) is 26.5. The Bertz CT molecular complexity index is 1790. The zero-order valence-electron chi connectivity index (χ0n) is 24.9. The molecule has 0 saturated carbocycles. The summed E-state index contributed by atoms with van der Waals surface area (Å²) >= 11 is 1.89. The van der Waals surface area contributed by atoms with E-state index in [-0.39, 0.29) is 46.6 Å². The van der Waals surface area contributed by atoms with Crippen LogP contribution >= 0.6 is 23.5 Å². The van der Waals surface area contributed by atoms with Crippen LogP contribution in [-0.4, -0.2) is 52.5 Å². The van der Waals surface area contributed by atoms with Crippen LogP contribution in [0.25, 0.3) is 0 Å². The minimum Gasteiger partial charge on any atom is -0.366 e. The van der Waals surface area contributed by atoms with Gasteiger partial charge in [-0.05, 0) is 46.8 Å². The van der Waals surface area contributed by atoms with Gasteiger partial charge in [-0.3, -0.25) is 39.6 Å². The molecule has 0 spiro atoms. The van der Waals surface area contributed by atoms with E-state index in [1.165, 1.54) is 46.2 Å². The number of amidine groups is 2. The highest BCUT2D eigenvalue weighted by atomic mass is 32.2. The molecular weight excluding hydrogens is 657 g/mol. The molecule has 2 heterocycles. The van der Waals surface area contributed by atoms with Crippen LogP contribution in [0.2, 0.25) is 0 Å². The molecule has 2 unspecified atom stereocenters. The Morgan fingerprint density at radius 1 is 0.604 bits per heavy atom. The van der Waals surface area contributed by atoms with Gasteiger partial charge in [-0.2, -0.15) is 0 Å². The smallest absolute Gasteiger partial charge is 0.289 e. The standard InChI is InChI=1S/C32H26N8O6S2/c41-31-37(19-21-9-3-1-4-10-21)27(29(47-31)33-23-13-7-15-25(17-23)39(43)44)35-36-28-30(34-24-14-8-16-26(18-24)40(45)46)48-32(42)38(28)20-22-11-5-2-6-12-22/h1-18,29-30,33-34H,19-20H2. The second-order valence-corrected chi connectivity index (χ2v) is 12.6. The first-order valence-electron chi connectivity index (χ1n) is 14.5. The van der Waals surface area contributed by atoms with E-state index in [1.54, 1.807) is 12.1 Å². The molecule has 0 radical (unpaired) electrons. The third-order valence-corrected chi connectivity index (χ3v) is 9.20. The Morgan fingerprint density at radius 2 is 1.00 bits per heavy atom. The summed E-state index contributed by atoms with van der Waals surface area (Å²) in [6, 6.07) is 30.4. The first-order valence-corrected chi connectivity index (χ1v) is 16.2. The molecule has 0 bridgehead atoms. The number of anilines is 2. The van der Waals surface area contributed by atoms with Crippen LogP contribution < -0.4 is 10.6 Å². The Balaban J connectivity index is 1.39. The van der Waals surface area contributed by atoms with Crippen LogP contribution in [0.1, 0.15) is 11.1 Å². The van der Waals surface area contributed by atoms with Gasteiger partial charge in [0.1, 0.15) is 10.7 Å². The van der Waals surface area contributed by atoms with Crippen LogP contribution in [0.5, 0.6) is 0 Å². The minimum absolute atomic E-state index is 0.123. The highest BCUT2D eigenvalue weighted by Crippen LogP contribution is 2.34. The SMILES string of the molecule is O=C1SC(Nc2cccc([N+](=O)[O-])c2)C(=NN=C2C(Nc3cccc([N+](=O)[O-])c3)SC(=O)N2Cc2ccccc2)N1Cc1ccccc1. The van der Waals surface area contributed by atoms with E-state index in [1.807, 2.05) is 60.7 Å². The molecule has 16 heteroatoms. The van der Waals surface area contributed by atoms with Gasteiger partial charge in [0.05, 0.1) is 22.9 Å². The second-order valence-electron chi connectivity index (χ2n) is 10.5. The molecule has 0 aromatic heterocycles. The summed E-state index contributed by atoms with van der Waals surface area (Å²) in [6.45, 7) is 0.362. The molecule has 4 aromatic carbocycles. The molecule has 242 valence electrons. The number of nitrogens with zero attached hydrogens (tertiary/aromatic N) is 6. The van der Waals surface area contributed by atoms with E-state index in [0.29, 0.717) is 11.4 Å². The number of rotatable bonds is 11. The fourth-order valence-electron chi connectivity index (χ4n) is 4.95. The fourth-order valence-corrected chi connectivity index (χ4v) is 6.88. The summed E-state index contributed by atoms with van der Waals surface area (Å²) in [4.78, 5) is 51.5. The maximum Gasteiger partial charge on any atom is 0.289 e. The Morgan fingerprint density at radius 3 is 1.38 bits per heavy atom. The van der Waals surface area contributed by atoms with Crippen LogP contribution in [0.3, 0.4) is 0 Å². The van der Waals surface area contributed by atoms with Crippen molar-refractivity contribution in [3.05, 3.63) is 141 Å². The Hall–Kier alpha value is -5.74. The van der Waals surface area contributed by atoms with E-state index in [4.69, 9.17) is 0 Å². The number of nitro benzene ring substituents is 2. The molecule has 6 rings (SSSR count). The van der Waals surface area contributed by atoms with Crippen molar-refractivity contribution >= 4 is 68.4 Å². The lowest BCUT2D eigenvalue weighted by Crippen LogP contribution is -2.36. The summed E-state index contributed by atoms with van der Waals surface area (Å²) in [6.07, 6.45) is 0. The Labute approximate surface area is 282 Å². The third kappa shape index (κ3) is 7.45. The van der Waals surface area contributed by atoms with Gasteiger partial charge in [-0.25, -0.2) is 0 Å². The van der Waals surface area contributed by atoms with Gasteiger partial charge in [0.15, 0.2) is 11.7 Å². The predicted octanol–water partition coefficient (Wildman–Crippen LogP) is 7.13. The van der Waals surface area contributed by atoms with E-state index < -0.39 is 20.6 Å². The molecule has 14 nitrogen and oxygen atoms in total. The number of carbonyl (C=O) groups is 2. The fraction of sp³-hybridized carbons (Fsp3) is 0.125. The normalized spacial score (nSPS) is 19.2. The monoisotopic (exact) mass is 682 g/mol. The van der Waals surface area contributed by atoms with E-state index in [2.05, 4.69) is 20.8 Å². The molecule has 2 fully saturated rings. The van der Waals surface area contributed by atoms with Crippen molar-refractivity contribution in [2.45, 2.75) is 23.8 Å². The molecular formula is C32H26N8O6S2. The van der Waals surface area contributed by atoms with Gasteiger partial charge in [0.25, 0.3) is 21.9 Å². The second kappa shape index (κ2) is 14.4. The van der Waals surface area contributed by atoms with Gasteiger partial charge < -0.3 is 10.6 Å². The molecule has 2 aliphatic rings. The summed E-state index contributed by atoms with van der Waals surface area (Å²) in [7, 11) is 0. The minimum atomic E-state index is -0.775. The maximum absolute atomic E-state index is 13.4. The number of nitrogens with one attached hydrogen (secondary N) is 2. The summed E-state index contributed by atoms with van der Waals surface area (Å²) < 4.78 is 0. The van der Waals surface area contributed by atoms with Gasteiger partial charge in [-0.1, -0.05) is 72.8 Å². The molecule has 0 aliphatic carbocycles. The van der Waals surface area contributed by atoms with Gasteiger partial charge >= 0.3 is 0 Å². The van der Waals surface area contributed by atoms with E-state index in [9.17, 15) is 29.8 Å². The molecule has 48 heavy (non-hydrogen) atoms. The number of non-ortho nitro benzene ring substituents is 2. The van der Waals surface area contributed by atoms with E-state index in [0.717, 1.165) is 34.7 Å². The lowest BCUT2D eigenvalue weighted by Gasteiger charge is -2.20. The number of hydrogen-bond acceptors (Lipinski definition) is 12. The van der Waals surface area contributed by atoms with Crippen molar-refractivity contribution in [1.82, 2.24) is 9.80 Å². The molecule has 2 amide bonds. The highest BCUT2D eigenvalue weighted by Gasteiger charge is 2.41. The number of carbonyl (C=O) groups excluding carboxylic acids is 2. The topological polar surface area (TPSA) is 176 Å².